The van der Waals surface area contributed by atoms with Crippen LogP contribution >= 0.6 is 31.0 Å². The molecule has 142 valence electrons. The quantitative estimate of drug-likeness (QED) is 0.551. The van der Waals surface area contributed by atoms with E-state index in [1.165, 1.54) is 17.5 Å². The predicted molar refractivity (Wildman–Crippen MR) is 114 cm³/mol. The number of halogens is 1. The lowest BCUT2D eigenvalue weighted by molar-refractivity contribution is -0.121. The van der Waals surface area contributed by atoms with Crippen molar-refractivity contribution >= 4 is 53.0 Å². The molecule has 8 heteroatoms. The van der Waals surface area contributed by atoms with Crippen LogP contribution in [0.15, 0.2) is 54.0 Å². The highest BCUT2D eigenvalue weighted by molar-refractivity contribution is 7.38. The maximum atomic E-state index is 12.7. The smallest absolute Gasteiger partial charge is 0.232 e. The van der Waals surface area contributed by atoms with E-state index in [1.807, 2.05) is 17.5 Å². The van der Waals surface area contributed by atoms with Crippen molar-refractivity contribution < 1.29 is 14.3 Å². The Bertz CT molecular complexity index is 1100. The van der Waals surface area contributed by atoms with Gasteiger partial charge in [0, 0.05) is 22.1 Å². The van der Waals surface area contributed by atoms with E-state index in [-0.39, 0.29) is 12.1 Å². The molecule has 3 aromatic rings. The molecule has 2 N–H and O–H groups in total. The Morgan fingerprint density at radius 1 is 1.32 bits per heavy atom. The number of nitrogens with one attached hydrogen (secondary N) is 1. The molecule has 0 saturated carbocycles. The van der Waals surface area contributed by atoms with Gasteiger partial charge in [-0.2, -0.15) is 5.26 Å². The summed E-state index contributed by atoms with van der Waals surface area (Å²) in [6.45, 7) is 0. The maximum absolute atomic E-state index is 12.7. The van der Waals surface area contributed by atoms with E-state index in [4.69, 9.17) is 16.9 Å². The summed E-state index contributed by atoms with van der Waals surface area (Å²) in [6, 6.07) is 14.3. The second kappa shape index (κ2) is 9.18. The van der Waals surface area contributed by atoms with Crippen LogP contribution in [0, 0.1) is 11.3 Å². The van der Waals surface area contributed by atoms with Gasteiger partial charge >= 0.3 is 0 Å². The number of thiophene rings is 1. The summed E-state index contributed by atoms with van der Waals surface area (Å²) in [5.41, 5.74) is 2.07. The third-order valence-electron chi connectivity index (χ3n) is 4.18. The van der Waals surface area contributed by atoms with Crippen molar-refractivity contribution in [3.63, 3.8) is 0 Å². The number of benzene rings is 2. The second-order valence-electron chi connectivity index (χ2n) is 6.06. The molecule has 2 unspecified atom stereocenters. The maximum Gasteiger partial charge on any atom is 0.232 e. The molecule has 1 aromatic heterocycles. The lowest BCUT2D eigenvalue weighted by Crippen LogP contribution is -2.26. The first-order valence-electron chi connectivity index (χ1n) is 8.33. The molecule has 0 spiro atoms. The Labute approximate surface area is 171 Å². The summed E-state index contributed by atoms with van der Waals surface area (Å²) < 4.78 is 12.5. The molecule has 28 heavy (non-hydrogen) atoms. The third kappa shape index (κ3) is 4.89. The van der Waals surface area contributed by atoms with E-state index >= 15 is 0 Å². The van der Waals surface area contributed by atoms with Crippen LogP contribution in [-0.4, -0.2) is 17.0 Å². The lowest BCUT2D eigenvalue weighted by atomic mass is 9.99. The van der Waals surface area contributed by atoms with E-state index in [0.29, 0.717) is 16.1 Å². The summed E-state index contributed by atoms with van der Waals surface area (Å²) in [5.74, 6) is -1.12. The van der Waals surface area contributed by atoms with Crippen molar-refractivity contribution in [1.82, 2.24) is 5.32 Å². The average molecular weight is 431 g/mol. The summed E-state index contributed by atoms with van der Waals surface area (Å²) in [6.07, 6.45) is 3.05. The van der Waals surface area contributed by atoms with Gasteiger partial charge in [-0.05, 0) is 58.3 Å². The van der Waals surface area contributed by atoms with Crippen molar-refractivity contribution in [2.75, 3.05) is 6.16 Å². The SMILES string of the molecule is N#Cc1ccc(/C=C/NC(=O)C(C[PH](=O)O)c2csc3ccc(Cl)cc23)cc1. The molecule has 0 saturated heterocycles. The lowest BCUT2D eigenvalue weighted by Gasteiger charge is -2.14. The zero-order chi connectivity index (χ0) is 20.1. The number of rotatable bonds is 6. The number of amides is 1. The van der Waals surface area contributed by atoms with Crippen LogP contribution in [0.2, 0.25) is 5.02 Å². The zero-order valence-corrected chi connectivity index (χ0v) is 17.1. The van der Waals surface area contributed by atoms with E-state index < -0.39 is 13.9 Å². The van der Waals surface area contributed by atoms with Gasteiger partial charge in [0.2, 0.25) is 5.91 Å². The standard InChI is InChI=1S/C20H16ClN2O3PS/c21-15-5-6-19-16(9-15)18(12-28-19)17(11-27(25)26)20(24)23-8-7-13-1-3-14(10-22)4-2-13/h1-9,12,17,27H,11H2,(H,23,24)(H,25,26)/b8-7+. The van der Waals surface area contributed by atoms with Crippen LogP contribution in [0.5, 0.6) is 0 Å². The number of hydrogen-bond acceptors (Lipinski definition) is 4. The number of carbonyl (C=O) groups is 1. The molecule has 0 bridgehead atoms. The molecule has 1 heterocycles. The third-order valence-corrected chi connectivity index (χ3v) is 6.15. The van der Waals surface area contributed by atoms with Gasteiger partial charge in [-0.15, -0.1) is 11.3 Å². The summed E-state index contributed by atoms with van der Waals surface area (Å²) >= 11 is 7.54. The molecular weight excluding hydrogens is 415 g/mol. The fourth-order valence-corrected chi connectivity index (χ4v) is 4.72. The number of fused-ring (bicyclic) bond motifs is 1. The molecule has 0 aliphatic carbocycles. The molecule has 0 fully saturated rings. The largest absolute Gasteiger partial charge is 0.346 e. The van der Waals surface area contributed by atoms with E-state index in [1.54, 1.807) is 42.5 Å². The van der Waals surface area contributed by atoms with Crippen molar-refractivity contribution in [3.8, 4) is 6.07 Å². The van der Waals surface area contributed by atoms with Crippen molar-refractivity contribution in [3.05, 3.63) is 75.8 Å². The molecule has 2 atom stereocenters. The normalized spacial score (nSPS) is 13.3. The Hall–Kier alpha value is -2.42. The van der Waals surface area contributed by atoms with Crippen molar-refractivity contribution in [1.29, 1.82) is 5.26 Å². The van der Waals surface area contributed by atoms with Gasteiger partial charge in [-0.25, -0.2) is 0 Å². The van der Waals surface area contributed by atoms with Gasteiger partial charge in [0.1, 0.15) is 0 Å². The first-order valence-corrected chi connectivity index (χ1v) is 11.2. The number of nitrogens with zero attached hydrogens (tertiary/aromatic N) is 1. The summed E-state index contributed by atoms with van der Waals surface area (Å²) in [4.78, 5) is 22.2. The van der Waals surface area contributed by atoms with E-state index in [2.05, 4.69) is 5.32 Å². The Morgan fingerprint density at radius 3 is 2.75 bits per heavy atom. The number of carbonyl (C=O) groups excluding carboxylic acids is 1. The van der Waals surface area contributed by atoms with Crippen LogP contribution in [-0.2, 0) is 9.36 Å². The Kier molecular flexibility index (Phi) is 6.66. The van der Waals surface area contributed by atoms with Crippen LogP contribution < -0.4 is 5.32 Å². The minimum absolute atomic E-state index is 0.139. The summed E-state index contributed by atoms with van der Waals surface area (Å²) in [5, 5.41) is 14.7. The number of nitriles is 1. The monoisotopic (exact) mass is 430 g/mol. The van der Waals surface area contributed by atoms with Crippen molar-refractivity contribution in [2.45, 2.75) is 5.92 Å². The molecule has 0 aliphatic rings. The molecule has 0 aliphatic heterocycles. The van der Waals surface area contributed by atoms with Gasteiger partial charge in [0.25, 0.3) is 0 Å². The molecular formula is C20H16ClN2O3PS. The topological polar surface area (TPSA) is 90.2 Å². The average Bonchev–Trinajstić information content (AvgIpc) is 3.09. The first kappa shape index (κ1) is 20.3. The minimum Gasteiger partial charge on any atom is -0.346 e. The van der Waals surface area contributed by atoms with Crippen LogP contribution in [0.1, 0.15) is 22.6 Å². The fraction of sp³-hybridized carbons (Fsp3) is 0.100. The van der Waals surface area contributed by atoms with Gasteiger partial charge < -0.3 is 10.2 Å². The fourth-order valence-electron chi connectivity index (χ4n) is 2.80. The van der Waals surface area contributed by atoms with Crippen LogP contribution in [0.25, 0.3) is 16.2 Å². The van der Waals surface area contributed by atoms with Gasteiger partial charge in [0.05, 0.1) is 17.6 Å². The van der Waals surface area contributed by atoms with E-state index in [9.17, 15) is 14.3 Å². The van der Waals surface area contributed by atoms with Crippen LogP contribution in [0.3, 0.4) is 0 Å². The second-order valence-corrected chi connectivity index (χ2v) is 8.60. The van der Waals surface area contributed by atoms with E-state index in [0.717, 1.165) is 15.6 Å². The highest BCUT2D eigenvalue weighted by atomic mass is 35.5. The van der Waals surface area contributed by atoms with Gasteiger partial charge in [0.15, 0.2) is 8.03 Å². The number of hydrogen-bond donors (Lipinski definition) is 2. The Balaban J connectivity index is 1.81. The molecule has 5 nitrogen and oxygen atoms in total. The van der Waals surface area contributed by atoms with Gasteiger partial charge in [-0.3, -0.25) is 9.36 Å². The highest BCUT2D eigenvalue weighted by Crippen LogP contribution is 2.36. The molecule has 2 aromatic carbocycles. The van der Waals surface area contributed by atoms with Crippen LogP contribution in [0.4, 0.5) is 0 Å². The highest BCUT2D eigenvalue weighted by Gasteiger charge is 2.25. The molecule has 1 amide bonds. The molecule has 3 rings (SSSR count). The zero-order valence-electron chi connectivity index (χ0n) is 14.6. The summed E-state index contributed by atoms with van der Waals surface area (Å²) in [7, 11) is -2.86. The van der Waals surface area contributed by atoms with Gasteiger partial charge in [-0.1, -0.05) is 23.7 Å². The minimum atomic E-state index is -2.86. The van der Waals surface area contributed by atoms with Crippen molar-refractivity contribution in [2.24, 2.45) is 0 Å². The first-order chi connectivity index (χ1) is 13.5. The molecule has 0 radical (unpaired) electrons. The predicted octanol–water partition coefficient (Wildman–Crippen LogP) is 4.76. The Morgan fingerprint density at radius 2 is 2.07 bits per heavy atom.